The summed E-state index contributed by atoms with van der Waals surface area (Å²) >= 11 is 0. The molecule has 1 aromatic carbocycles. The van der Waals surface area contributed by atoms with Crippen LogP contribution in [0, 0.1) is 0 Å². The van der Waals surface area contributed by atoms with E-state index < -0.39 is 0 Å². The third-order valence-electron chi connectivity index (χ3n) is 2.61. The normalized spacial score (nSPS) is 15.8. The Bertz CT molecular complexity index is 406. The van der Waals surface area contributed by atoms with E-state index in [-0.39, 0.29) is 6.03 Å². The Morgan fingerprint density at radius 3 is 3.00 bits per heavy atom. The fourth-order valence-corrected chi connectivity index (χ4v) is 1.74. The number of nitrogens with two attached hydrogens (primary N) is 1. The van der Waals surface area contributed by atoms with Gasteiger partial charge in [-0.2, -0.15) is 0 Å². The van der Waals surface area contributed by atoms with Crippen LogP contribution >= 0.6 is 0 Å². The lowest BCUT2D eigenvalue weighted by molar-refractivity contribution is 0.243. The van der Waals surface area contributed by atoms with Crippen molar-refractivity contribution in [1.82, 2.24) is 5.32 Å². The summed E-state index contributed by atoms with van der Waals surface area (Å²) < 4.78 is 5.13. The van der Waals surface area contributed by atoms with E-state index in [1.165, 1.54) is 0 Å². The van der Waals surface area contributed by atoms with Gasteiger partial charge in [-0.3, -0.25) is 4.90 Å². The summed E-state index contributed by atoms with van der Waals surface area (Å²) in [6.07, 6.45) is 0.943. The molecule has 0 saturated carbocycles. The summed E-state index contributed by atoms with van der Waals surface area (Å²) in [6.45, 7) is 1.46. The van der Waals surface area contributed by atoms with Gasteiger partial charge in [-0.25, -0.2) is 4.79 Å². The molecule has 3 N–H and O–H groups in total. The maximum atomic E-state index is 11.6. The Labute approximate surface area is 94.2 Å². The van der Waals surface area contributed by atoms with Crippen molar-refractivity contribution in [1.29, 1.82) is 0 Å². The van der Waals surface area contributed by atoms with E-state index in [0.717, 1.165) is 25.2 Å². The quantitative estimate of drug-likeness (QED) is 0.737. The van der Waals surface area contributed by atoms with E-state index in [1.54, 1.807) is 24.1 Å². The van der Waals surface area contributed by atoms with Gasteiger partial charge < -0.3 is 15.8 Å². The third kappa shape index (κ3) is 1.88. The van der Waals surface area contributed by atoms with E-state index in [0.29, 0.717) is 11.4 Å². The molecule has 0 bridgehead atoms. The maximum Gasteiger partial charge on any atom is 0.321 e. The van der Waals surface area contributed by atoms with Crippen LogP contribution in [-0.4, -0.2) is 26.2 Å². The Kier molecular flexibility index (Phi) is 2.85. The molecule has 86 valence electrons. The van der Waals surface area contributed by atoms with Crippen molar-refractivity contribution in [2.24, 2.45) is 0 Å². The number of nitrogens with one attached hydrogen (secondary N) is 1. The molecule has 1 heterocycles. The highest BCUT2D eigenvalue weighted by molar-refractivity contribution is 5.93. The molecule has 1 aliphatic rings. The van der Waals surface area contributed by atoms with Crippen LogP contribution in [0.3, 0.4) is 0 Å². The third-order valence-corrected chi connectivity index (χ3v) is 2.61. The largest absolute Gasteiger partial charge is 0.495 e. The minimum Gasteiger partial charge on any atom is -0.495 e. The Morgan fingerprint density at radius 1 is 1.50 bits per heavy atom. The van der Waals surface area contributed by atoms with Gasteiger partial charge in [0.05, 0.1) is 12.8 Å². The van der Waals surface area contributed by atoms with Crippen LogP contribution in [0.25, 0.3) is 0 Å². The van der Waals surface area contributed by atoms with Crippen molar-refractivity contribution in [2.75, 3.05) is 30.8 Å². The average molecular weight is 221 g/mol. The van der Waals surface area contributed by atoms with Gasteiger partial charge in [0.15, 0.2) is 0 Å². The summed E-state index contributed by atoms with van der Waals surface area (Å²) in [6, 6.07) is 5.28. The number of ether oxygens (including phenoxy) is 1. The second-order valence-electron chi connectivity index (χ2n) is 3.66. The lowest BCUT2D eigenvalue weighted by atomic mass is 10.2. The number of anilines is 2. The first-order valence-electron chi connectivity index (χ1n) is 5.21. The van der Waals surface area contributed by atoms with Crippen molar-refractivity contribution < 1.29 is 9.53 Å². The minimum absolute atomic E-state index is 0.0712. The van der Waals surface area contributed by atoms with Crippen LogP contribution in [0.2, 0.25) is 0 Å². The van der Waals surface area contributed by atoms with Gasteiger partial charge in [-0.05, 0) is 18.6 Å². The average Bonchev–Trinajstić information content (AvgIpc) is 2.31. The highest BCUT2D eigenvalue weighted by atomic mass is 16.5. The molecule has 0 unspecified atom stereocenters. The number of methoxy groups -OCH3 is 1. The molecular formula is C11H15N3O2. The zero-order valence-corrected chi connectivity index (χ0v) is 9.19. The highest BCUT2D eigenvalue weighted by Crippen LogP contribution is 2.28. The Balaban J connectivity index is 2.29. The Hall–Kier alpha value is -1.91. The van der Waals surface area contributed by atoms with Crippen LogP contribution in [0.5, 0.6) is 5.75 Å². The van der Waals surface area contributed by atoms with Gasteiger partial charge >= 0.3 is 6.03 Å². The lowest BCUT2D eigenvalue weighted by Crippen LogP contribution is -2.46. The topological polar surface area (TPSA) is 67.6 Å². The molecule has 0 atom stereocenters. The van der Waals surface area contributed by atoms with Gasteiger partial charge in [-0.1, -0.05) is 0 Å². The van der Waals surface area contributed by atoms with Gasteiger partial charge in [0.25, 0.3) is 0 Å². The van der Waals surface area contributed by atoms with E-state index in [2.05, 4.69) is 5.32 Å². The van der Waals surface area contributed by atoms with Gasteiger partial charge in [-0.15, -0.1) is 0 Å². The number of rotatable bonds is 2. The number of hydrogen-bond acceptors (Lipinski definition) is 3. The number of benzene rings is 1. The Morgan fingerprint density at radius 2 is 2.31 bits per heavy atom. The molecule has 0 aromatic heterocycles. The molecule has 5 heteroatoms. The molecule has 2 amide bonds. The van der Waals surface area contributed by atoms with E-state index in [4.69, 9.17) is 10.5 Å². The number of nitrogen functional groups attached to an aromatic ring is 1. The van der Waals surface area contributed by atoms with Crippen molar-refractivity contribution >= 4 is 17.4 Å². The number of carbonyl (C=O) groups is 1. The first kappa shape index (κ1) is 10.6. The monoisotopic (exact) mass is 221 g/mol. The number of carbonyl (C=O) groups excluding carboxylic acids is 1. The number of amides is 2. The highest BCUT2D eigenvalue weighted by Gasteiger charge is 2.19. The first-order chi connectivity index (χ1) is 7.72. The van der Waals surface area contributed by atoms with E-state index >= 15 is 0 Å². The summed E-state index contributed by atoms with van der Waals surface area (Å²) in [5.41, 5.74) is 7.10. The van der Waals surface area contributed by atoms with Crippen LogP contribution in [0.15, 0.2) is 18.2 Å². The van der Waals surface area contributed by atoms with Crippen LogP contribution < -0.4 is 20.7 Å². The SMILES string of the molecule is COc1cc(N2CCCNC2=O)ccc1N. The van der Waals surface area contributed by atoms with Crippen molar-refractivity contribution in [3.8, 4) is 5.75 Å². The molecule has 1 fully saturated rings. The second kappa shape index (κ2) is 4.30. The van der Waals surface area contributed by atoms with Crippen LogP contribution in [-0.2, 0) is 0 Å². The zero-order valence-electron chi connectivity index (χ0n) is 9.19. The second-order valence-corrected chi connectivity index (χ2v) is 3.66. The predicted octanol–water partition coefficient (Wildman–Crippen LogP) is 1.20. The summed E-state index contributed by atoms with van der Waals surface area (Å²) in [4.78, 5) is 13.3. The lowest BCUT2D eigenvalue weighted by Gasteiger charge is -2.27. The fourth-order valence-electron chi connectivity index (χ4n) is 1.74. The van der Waals surface area contributed by atoms with E-state index in [9.17, 15) is 4.79 Å². The summed E-state index contributed by atoms with van der Waals surface area (Å²) in [5.74, 6) is 0.593. The molecular weight excluding hydrogens is 206 g/mol. The predicted molar refractivity (Wildman–Crippen MR) is 62.8 cm³/mol. The molecule has 0 spiro atoms. The molecule has 5 nitrogen and oxygen atoms in total. The number of urea groups is 1. The van der Waals surface area contributed by atoms with Gasteiger partial charge in [0.1, 0.15) is 5.75 Å². The van der Waals surface area contributed by atoms with Gasteiger partial charge in [0.2, 0.25) is 0 Å². The fraction of sp³-hybridized carbons (Fsp3) is 0.364. The smallest absolute Gasteiger partial charge is 0.321 e. The van der Waals surface area contributed by atoms with Crippen molar-refractivity contribution in [3.63, 3.8) is 0 Å². The van der Waals surface area contributed by atoms with Crippen molar-refractivity contribution in [2.45, 2.75) is 6.42 Å². The van der Waals surface area contributed by atoms with Crippen LogP contribution in [0.1, 0.15) is 6.42 Å². The standard InChI is InChI=1S/C11H15N3O2/c1-16-10-7-8(3-4-9(10)12)14-6-2-5-13-11(14)15/h3-4,7H,2,5-6,12H2,1H3,(H,13,15). The first-order valence-corrected chi connectivity index (χ1v) is 5.21. The van der Waals surface area contributed by atoms with Crippen molar-refractivity contribution in [3.05, 3.63) is 18.2 Å². The molecule has 0 radical (unpaired) electrons. The molecule has 2 rings (SSSR count). The molecule has 0 aliphatic carbocycles. The molecule has 1 aliphatic heterocycles. The number of nitrogens with zero attached hydrogens (tertiary/aromatic N) is 1. The summed E-state index contributed by atoms with van der Waals surface area (Å²) in [7, 11) is 1.56. The molecule has 16 heavy (non-hydrogen) atoms. The van der Waals surface area contributed by atoms with Gasteiger partial charge in [0, 0.05) is 24.8 Å². The summed E-state index contributed by atoms with van der Waals surface area (Å²) in [5, 5.41) is 2.80. The zero-order chi connectivity index (χ0) is 11.5. The number of hydrogen-bond donors (Lipinski definition) is 2. The minimum atomic E-state index is -0.0712. The van der Waals surface area contributed by atoms with E-state index in [1.807, 2.05) is 6.07 Å². The van der Waals surface area contributed by atoms with Crippen LogP contribution in [0.4, 0.5) is 16.2 Å². The molecule has 1 saturated heterocycles. The maximum absolute atomic E-state index is 11.6. The molecule has 1 aromatic rings.